The molecule has 0 bridgehead atoms. The van der Waals surface area contributed by atoms with Gasteiger partial charge in [0.05, 0.1) is 11.3 Å². The summed E-state index contributed by atoms with van der Waals surface area (Å²) >= 11 is 1.55. The Hall–Kier alpha value is -2.97. The first-order chi connectivity index (χ1) is 15.0. The van der Waals surface area contributed by atoms with Gasteiger partial charge in [-0.05, 0) is 35.6 Å². The predicted octanol–water partition coefficient (Wildman–Crippen LogP) is 3.82. The number of carbonyl (C=O) groups is 2. The van der Waals surface area contributed by atoms with Gasteiger partial charge in [0, 0.05) is 37.0 Å². The summed E-state index contributed by atoms with van der Waals surface area (Å²) < 4.78 is 2.10. The number of aryl methyl sites for hydroxylation is 1. The lowest BCUT2D eigenvalue weighted by Gasteiger charge is -2.16. The molecule has 31 heavy (non-hydrogen) atoms. The highest BCUT2D eigenvalue weighted by Gasteiger charge is 2.19. The third kappa shape index (κ3) is 6.26. The highest BCUT2D eigenvalue weighted by molar-refractivity contribution is 7.09. The Labute approximate surface area is 185 Å². The monoisotopic (exact) mass is 441 g/mol. The molecule has 3 aromatic rings. The van der Waals surface area contributed by atoms with E-state index in [-0.39, 0.29) is 5.56 Å². The van der Waals surface area contributed by atoms with Gasteiger partial charge in [0.25, 0.3) is 0 Å². The maximum Gasteiger partial charge on any atom is 0.335 e. The van der Waals surface area contributed by atoms with Crippen LogP contribution < -0.4 is 5.32 Å². The molecule has 3 N–H and O–H groups in total. The first kappa shape index (κ1) is 22.7. The van der Waals surface area contributed by atoms with Crippen LogP contribution in [0.25, 0.3) is 0 Å². The van der Waals surface area contributed by atoms with E-state index in [2.05, 4.69) is 21.8 Å². The van der Waals surface area contributed by atoms with Crippen LogP contribution in [0.2, 0.25) is 0 Å². The van der Waals surface area contributed by atoms with Crippen LogP contribution in [0.4, 0.5) is 0 Å². The van der Waals surface area contributed by atoms with Crippen molar-refractivity contribution in [2.75, 3.05) is 0 Å². The zero-order valence-electron chi connectivity index (χ0n) is 17.5. The number of unbranched alkanes of at least 4 members (excludes halogenated alkanes) is 1. The fourth-order valence-electron chi connectivity index (χ4n) is 3.36. The number of benzene rings is 1. The van der Waals surface area contributed by atoms with Gasteiger partial charge in [0.1, 0.15) is 11.9 Å². The Morgan fingerprint density at radius 2 is 1.97 bits per heavy atom. The van der Waals surface area contributed by atoms with Crippen LogP contribution in [0.5, 0.6) is 0 Å². The summed E-state index contributed by atoms with van der Waals surface area (Å²) in [5.41, 5.74) is 2.13. The van der Waals surface area contributed by atoms with Crippen LogP contribution in [0.1, 0.15) is 52.1 Å². The summed E-state index contributed by atoms with van der Waals surface area (Å²) in [5, 5.41) is 23.8. The van der Waals surface area contributed by atoms with E-state index in [1.54, 1.807) is 41.8 Å². The number of rotatable bonds is 12. The molecule has 0 amide bonds. The van der Waals surface area contributed by atoms with Gasteiger partial charge >= 0.3 is 11.9 Å². The molecule has 0 spiro atoms. The lowest BCUT2D eigenvalue weighted by atomic mass is 10.1. The van der Waals surface area contributed by atoms with Gasteiger partial charge in [-0.15, -0.1) is 11.3 Å². The van der Waals surface area contributed by atoms with Crippen LogP contribution in [0, 0.1) is 0 Å². The fourth-order valence-corrected chi connectivity index (χ4v) is 4.11. The molecule has 0 saturated carbocycles. The Balaban J connectivity index is 1.76. The van der Waals surface area contributed by atoms with E-state index in [4.69, 9.17) is 5.11 Å². The van der Waals surface area contributed by atoms with Gasteiger partial charge in [-0.3, -0.25) is 10.1 Å². The number of carboxylic acid groups (broad SMARTS) is 2. The topological polar surface area (TPSA) is 104 Å². The average Bonchev–Trinajstić information content (AvgIpc) is 3.40. The van der Waals surface area contributed by atoms with Crippen LogP contribution in [-0.2, 0) is 30.7 Å². The molecule has 0 radical (unpaired) electrons. The number of aromatic carboxylic acids is 1. The molecule has 164 valence electrons. The van der Waals surface area contributed by atoms with E-state index in [1.165, 1.54) is 0 Å². The average molecular weight is 442 g/mol. The van der Waals surface area contributed by atoms with Crippen LogP contribution in [0.15, 0.2) is 48.0 Å². The Morgan fingerprint density at radius 3 is 2.58 bits per heavy atom. The van der Waals surface area contributed by atoms with Crippen molar-refractivity contribution in [3.05, 3.63) is 75.5 Å². The number of imidazole rings is 1. The molecule has 0 unspecified atom stereocenters. The molecular weight excluding hydrogens is 414 g/mol. The number of carboxylic acids is 2. The van der Waals surface area contributed by atoms with Gasteiger partial charge in [-0.1, -0.05) is 31.5 Å². The second-order valence-corrected chi connectivity index (χ2v) is 8.44. The van der Waals surface area contributed by atoms with Crippen molar-refractivity contribution in [1.82, 2.24) is 14.9 Å². The standard InChI is InChI=1S/C23H27N3O4S/c1-2-3-6-21-25-14-18(13-24-20(23(29)30)12-19-5-4-11-31-19)26(21)15-16-7-9-17(10-8-16)22(27)28/h4-5,7-11,14,20,24H,2-3,6,12-13,15H2,1H3,(H,27,28)(H,29,30)/t20-/m1/s1. The molecule has 2 aromatic heterocycles. The number of aliphatic carboxylic acids is 1. The summed E-state index contributed by atoms with van der Waals surface area (Å²) in [6, 6.07) is 9.98. The number of nitrogens with zero attached hydrogens (tertiary/aromatic N) is 2. The second kappa shape index (κ2) is 10.9. The third-order valence-corrected chi connectivity index (χ3v) is 6.03. The predicted molar refractivity (Wildman–Crippen MR) is 120 cm³/mol. The van der Waals surface area contributed by atoms with Crippen molar-refractivity contribution in [3.63, 3.8) is 0 Å². The van der Waals surface area contributed by atoms with Crippen molar-refractivity contribution >= 4 is 23.3 Å². The molecule has 0 aliphatic heterocycles. The van der Waals surface area contributed by atoms with Crippen molar-refractivity contribution in [2.24, 2.45) is 0 Å². The molecule has 8 heteroatoms. The minimum atomic E-state index is -0.951. The fraction of sp³-hybridized carbons (Fsp3) is 0.348. The molecule has 2 heterocycles. The zero-order valence-corrected chi connectivity index (χ0v) is 18.3. The number of hydrogen-bond donors (Lipinski definition) is 3. The normalized spacial score (nSPS) is 12.0. The quantitative estimate of drug-likeness (QED) is 0.395. The molecule has 1 aromatic carbocycles. The van der Waals surface area contributed by atoms with Gasteiger partial charge in [0.15, 0.2) is 0 Å². The van der Waals surface area contributed by atoms with Gasteiger partial charge in [0.2, 0.25) is 0 Å². The summed E-state index contributed by atoms with van der Waals surface area (Å²) in [7, 11) is 0. The maximum absolute atomic E-state index is 11.7. The van der Waals surface area contributed by atoms with E-state index in [0.717, 1.165) is 41.2 Å². The molecule has 0 aliphatic rings. The van der Waals surface area contributed by atoms with Crippen LogP contribution >= 0.6 is 11.3 Å². The number of nitrogens with one attached hydrogen (secondary N) is 1. The maximum atomic E-state index is 11.7. The molecule has 0 aliphatic carbocycles. The Morgan fingerprint density at radius 1 is 1.19 bits per heavy atom. The largest absolute Gasteiger partial charge is 0.480 e. The van der Waals surface area contributed by atoms with E-state index in [0.29, 0.717) is 19.5 Å². The first-order valence-corrected chi connectivity index (χ1v) is 11.2. The SMILES string of the molecule is CCCCc1ncc(CN[C@H](Cc2cccs2)C(=O)O)n1Cc1ccc(C(=O)O)cc1. The van der Waals surface area contributed by atoms with Crippen molar-refractivity contribution in [3.8, 4) is 0 Å². The molecule has 0 fully saturated rings. The highest BCUT2D eigenvalue weighted by atomic mass is 32.1. The highest BCUT2D eigenvalue weighted by Crippen LogP contribution is 2.15. The van der Waals surface area contributed by atoms with E-state index in [9.17, 15) is 14.7 Å². The van der Waals surface area contributed by atoms with Crippen LogP contribution in [0.3, 0.4) is 0 Å². The smallest absolute Gasteiger partial charge is 0.335 e. The zero-order chi connectivity index (χ0) is 22.2. The summed E-state index contributed by atoms with van der Waals surface area (Å²) in [5.74, 6) is -0.880. The summed E-state index contributed by atoms with van der Waals surface area (Å²) in [4.78, 5) is 28.4. The molecular formula is C23H27N3O4S. The third-order valence-electron chi connectivity index (χ3n) is 5.13. The number of aromatic nitrogens is 2. The Bertz CT molecular complexity index is 997. The van der Waals surface area contributed by atoms with Crippen LogP contribution in [-0.4, -0.2) is 37.7 Å². The van der Waals surface area contributed by atoms with Crippen molar-refractivity contribution in [1.29, 1.82) is 0 Å². The Kier molecular flexibility index (Phi) is 7.97. The number of hydrogen-bond acceptors (Lipinski definition) is 5. The lowest BCUT2D eigenvalue weighted by Crippen LogP contribution is -2.38. The van der Waals surface area contributed by atoms with Gasteiger partial charge < -0.3 is 14.8 Å². The molecule has 0 saturated heterocycles. The molecule has 7 nitrogen and oxygen atoms in total. The van der Waals surface area contributed by atoms with E-state index >= 15 is 0 Å². The lowest BCUT2D eigenvalue weighted by molar-refractivity contribution is -0.139. The van der Waals surface area contributed by atoms with Gasteiger partial charge in [-0.2, -0.15) is 0 Å². The molecule has 3 rings (SSSR count). The molecule has 1 atom stereocenters. The van der Waals surface area contributed by atoms with E-state index < -0.39 is 18.0 Å². The van der Waals surface area contributed by atoms with Crippen molar-refractivity contribution in [2.45, 2.75) is 51.7 Å². The second-order valence-electron chi connectivity index (χ2n) is 7.41. The summed E-state index contributed by atoms with van der Waals surface area (Å²) in [6.07, 6.45) is 5.13. The van der Waals surface area contributed by atoms with Gasteiger partial charge in [-0.25, -0.2) is 9.78 Å². The van der Waals surface area contributed by atoms with Crippen molar-refractivity contribution < 1.29 is 19.8 Å². The minimum absolute atomic E-state index is 0.250. The van der Waals surface area contributed by atoms with E-state index in [1.807, 2.05) is 17.5 Å². The first-order valence-electron chi connectivity index (χ1n) is 10.3. The number of thiophene rings is 1. The minimum Gasteiger partial charge on any atom is -0.480 e. The summed E-state index contributed by atoms with van der Waals surface area (Å²) in [6.45, 7) is 3.07.